The van der Waals surface area contributed by atoms with Crippen LogP contribution in [0.15, 0.2) is 36.0 Å². The van der Waals surface area contributed by atoms with Gasteiger partial charge in [-0.3, -0.25) is 5.32 Å². The third kappa shape index (κ3) is 3.60. The number of halogens is 1. The van der Waals surface area contributed by atoms with Gasteiger partial charge in [0.1, 0.15) is 5.70 Å². The van der Waals surface area contributed by atoms with Gasteiger partial charge in [0.2, 0.25) is 0 Å². The Hall–Kier alpha value is -1.82. The third-order valence-electron chi connectivity index (χ3n) is 1.87. The molecule has 0 saturated heterocycles. The molecule has 1 aromatic carbocycles. The first-order valence-electron chi connectivity index (χ1n) is 4.59. The van der Waals surface area contributed by atoms with Crippen LogP contribution in [0.4, 0.5) is 4.79 Å². The fourth-order valence-corrected chi connectivity index (χ4v) is 1.62. The molecule has 0 fully saturated rings. The predicted molar refractivity (Wildman–Crippen MR) is 65.5 cm³/mol. The SMILES string of the molecule is COC(=O)N/C(C(=O)O)=C(/Br)c1ccccc1. The van der Waals surface area contributed by atoms with Crippen LogP contribution in [-0.2, 0) is 9.53 Å². The molecule has 6 heteroatoms. The van der Waals surface area contributed by atoms with E-state index in [-0.39, 0.29) is 10.2 Å². The number of hydrogen-bond acceptors (Lipinski definition) is 3. The number of benzene rings is 1. The zero-order valence-electron chi connectivity index (χ0n) is 8.94. The summed E-state index contributed by atoms with van der Waals surface area (Å²) in [6.45, 7) is 0. The molecule has 0 saturated carbocycles. The number of carboxylic acids is 1. The zero-order chi connectivity index (χ0) is 12.8. The smallest absolute Gasteiger partial charge is 0.411 e. The lowest BCUT2D eigenvalue weighted by Gasteiger charge is -2.08. The minimum Gasteiger partial charge on any atom is -0.477 e. The van der Waals surface area contributed by atoms with Crippen molar-refractivity contribution in [2.75, 3.05) is 7.11 Å². The molecule has 0 atom stereocenters. The molecule has 1 amide bonds. The van der Waals surface area contributed by atoms with E-state index >= 15 is 0 Å². The number of nitrogens with one attached hydrogen (secondary N) is 1. The standard InChI is InChI=1S/C11H10BrNO4/c1-17-11(16)13-9(10(14)15)8(12)7-5-3-2-4-6-7/h2-6H,1H3,(H,13,16)(H,14,15)/b9-8+. The topological polar surface area (TPSA) is 75.6 Å². The van der Waals surface area contributed by atoms with E-state index in [1.54, 1.807) is 30.3 Å². The van der Waals surface area contributed by atoms with Gasteiger partial charge in [-0.05, 0) is 21.5 Å². The maximum Gasteiger partial charge on any atom is 0.411 e. The number of hydrogen-bond donors (Lipinski definition) is 2. The first kappa shape index (κ1) is 13.2. The van der Waals surface area contributed by atoms with Crippen molar-refractivity contribution in [2.45, 2.75) is 0 Å². The van der Waals surface area contributed by atoms with Crippen molar-refractivity contribution in [3.8, 4) is 0 Å². The van der Waals surface area contributed by atoms with E-state index < -0.39 is 12.1 Å². The third-order valence-corrected chi connectivity index (χ3v) is 2.73. The molecule has 1 aromatic rings. The van der Waals surface area contributed by atoms with Crippen LogP contribution in [0.1, 0.15) is 5.56 Å². The average Bonchev–Trinajstić information content (AvgIpc) is 2.35. The lowest BCUT2D eigenvalue weighted by Crippen LogP contribution is -2.27. The molecule has 0 aromatic heterocycles. The summed E-state index contributed by atoms with van der Waals surface area (Å²) >= 11 is 3.14. The van der Waals surface area contributed by atoms with Gasteiger partial charge in [0.15, 0.2) is 0 Å². The Kier molecular flexibility index (Phi) is 4.71. The summed E-state index contributed by atoms with van der Waals surface area (Å²) in [4.78, 5) is 22.0. The molecule has 17 heavy (non-hydrogen) atoms. The largest absolute Gasteiger partial charge is 0.477 e. The van der Waals surface area contributed by atoms with E-state index in [1.165, 1.54) is 0 Å². The van der Waals surface area contributed by atoms with Crippen LogP contribution in [0.5, 0.6) is 0 Å². The van der Waals surface area contributed by atoms with Crippen LogP contribution in [0.25, 0.3) is 4.48 Å². The number of carbonyl (C=O) groups is 2. The van der Waals surface area contributed by atoms with Crippen molar-refractivity contribution >= 4 is 32.5 Å². The van der Waals surface area contributed by atoms with E-state index in [1.807, 2.05) is 0 Å². The quantitative estimate of drug-likeness (QED) is 0.839. The molecule has 0 heterocycles. The summed E-state index contributed by atoms with van der Waals surface area (Å²) in [5.74, 6) is -1.26. The Morgan fingerprint density at radius 3 is 2.35 bits per heavy atom. The molecule has 0 unspecified atom stereocenters. The molecular formula is C11H10BrNO4. The second-order valence-corrected chi connectivity index (χ2v) is 3.77. The number of carboxylic acid groups (broad SMARTS) is 1. The van der Waals surface area contributed by atoms with Crippen LogP contribution in [-0.4, -0.2) is 24.3 Å². The number of rotatable bonds is 3. The van der Waals surface area contributed by atoms with Crippen molar-refractivity contribution in [3.63, 3.8) is 0 Å². The Balaban J connectivity index is 3.11. The fraction of sp³-hybridized carbons (Fsp3) is 0.0909. The Bertz CT molecular complexity index is 456. The first-order chi connectivity index (χ1) is 8.06. The Labute approximate surface area is 106 Å². The van der Waals surface area contributed by atoms with Crippen molar-refractivity contribution < 1.29 is 19.4 Å². The fourth-order valence-electron chi connectivity index (χ4n) is 1.08. The van der Waals surface area contributed by atoms with Crippen LogP contribution in [0.2, 0.25) is 0 Å². The Morgan fingerprint density at radius 1 is 1.29 bits per heavy atom. The highest BCUT2D eigenvalue weighted by Gasteiger charge is 2.17. The highest BCUT2D eigenvalue weighted by atomic mass is 79.9. The molecule has 0 aliphatic rings. The summed E-state index contributed by atoms with van der Waals surface area (Å²) in [6, 6.07) is 8.75. The van der Waals surface area contributed by atoms with E-state index in [4.69, 9.17) is 5.11 Å². The van der Waals surface area contributed by atoms with Crippen LogP contribution < -0.4 is 5.32 Å². The number of amides is 1. The maximum absolute atomic E-state index is 11.0. The molecule has 0 spiro atoms. The van der Waals surface area contributed by atoms with Crippen molar-refractivity contribution in [1.29, 1.82) is 0 Å². The van der Waals surface area contributed by atoms with Crippen molar-refractivity contribution in [3.05, 3.63) is 41.6 Å². The van der Waals surface area contributed by atoms with Gasteiger partial charge < -0.3 is 9.84 Å². The minimum atomic E-state index is -1.26. The molecule has 0 radical (unpaired) electrons. The normalized spacial score (nSPS) is 11.4. The molecular weight excluding hydrogens is 290 g/mol. The highest BCUT2D eigenvalue weighted by Crippen LogP contribution is 2.23. The summed E-state index contributed by atoms with van der Waals surface area (Å²) in [7, 11) is 1.16. The van der Waals surface area contributed by atoms with Crippen molar-refractivity contribution in [2.24, 2.45) is 0 Å². The number of alkyl carbamates (subject to hydrolysis) is 1. The van der Waals surface area contributed by atoms with E-state index in [9.17, 15) is 9.59 Å². The molecule has 0 aliphatic heterocycles. The first-order valence-corrected chi connectivity index (χ1v) is 5.39. The number of methoxy groups -OCH3 is 1. The van der Waals surface area contributed by atoms with E-state index in [0.717, 1.165) is 7.11 Å². The second-order valence-electron chi connectivity index (χ2n) is 2.98. The molecule has 2 N–H and O–H groups in total. The molecule has 5 nitrogen and oxygen atoms in total. The summed E-state index contributed by atoms with van der Waals surface area (Å²) in [5, 5.41) is 11.1. The lowest BCUT2D eigenvalue weighted by atomic mass is 10.2. The average molecular weight is 300 g/mol. The zero-order valence-corrected chi connectivity index (χ0v) is 10.5. The number of carbonyl (C=O) groups excluding carboxylic acids is 1. The van der Waals surface area contributed by atoms with E-state index in [2.05, 4.69) is 26.0 Å². The van der Waals surface area contributed by atoms with Gasteiger partial charge in [-0.25, -0.2) is 9.59 Å². The highest BCUT2D eigenvalue weighted by molar-refractivity contribution is 9.15. The summed E-state index contributed by atoms with van der Waals surface area (Å²) in [6.07, 6.45) is -0.838. The van der Waals surface area contributed by atoms with Crippen LogP contribution >= 0.6 is 15.9 Å². The van der Waals surface area contributed by atoms with Crippen molar-refractivity contribution in [1.82, 2.24) is 5.32 Å². The summed E-state index contributed by atoms with van der Waals surface area (Å²) in [5.41, 5.74) is 0.365. The molecule has 0 bridgehead atoms. The molecule has 1 rings (SSSR count). The van der Waals surface area contributed by atoms with Gasteiger partial charge in [0.05, 0.1) is 11.6 Å². The maximum atomic E-state index is 11.0. The predicted octanol–water partition coefficient (Wildman–Crippen LogP) is 2.19. The number of ether oxygens (including phenoxy) is 1. The molecule has 90 valence electrons. The summed E-state index contributed by atoms with van der Waals surface area (Å²) < 4.78 is 4.62. The molecule has 0 aliphatic carbocycles. The monoisotopic (exact) mass is 299 g/mol. The van der Waals surface area contributed by atoms with Gasteiger partial charge in [-0.1, -0.05) is 30.3 Å². The van der Waals surface area contributed by atoms with E-state index in [0.29, 0.717) is 5.56 Å². The minimum absolute atomic E-state index is 0.274. The second kappa shape index (κ2) is 6.05. The van der Waals surface area contributed by atoms with Gasteiger partial charge in [-0.15, -0.1) is 0 Å². The number of aliphatic carboxylic acids is 1. The lowest BCUT2D eigenvalue weighted by molar-refractivity contribution is -0.132. The van der Waals surface area contributed by atoms with Gasteiger partial charge in [0, 0.05) is 0 Å². The van der Waals surface area contributed by atoms with Gasteiger partial charge in [0.25, 0.3) is 0 Å². The van der Waals surface area contributed by atoms with Crippen LogP contribution in [0, 0.1) is 0 Å². The van der Waals surface area contributed by atoms with Crippen LogP contribution in [0.3, 0.4) is 0 Å². The van der Waals surface area contributed by atoms with Gasteiger partial charge in [-0.2, -0.15) is 0 Å². The Morgan fingerprint density at radius 2 is 1.88 bits per heavy atom. The van der Waals surface area contributed by atoms with Gasteiger partial charge >= 0.3 is 12.1 Å².